The van der Waals surface area contributed by atoms with Crippen LogP contribution in [0.1, 0.15) is 31.7 Å². The maximum absolute atomic E-state index is 4.47. The van der Waals surface area contributed by atoms with E-state index in [1.807, 2.05) is 19.9 Å². The third kappa shape index (κ3) is 3.04. The van der Waals surface area contributed by atoms with Crippen LogP contribution in [-0.2, 0) is 18.5 Å². The van der Waals surface area contributed by atoms with Crippen LogP contribution in [0.5, 0.6) is 0 Å². The Balaban J connectivity index is 0.000000882. The first-order valence-electron chi connectivity index (χ1n) is 10.9. The summed E-state index contributed by atoms with van der Waals surface area (Å²) in [6.45, 7) is 9.05. The number of hydrogen-bond acceptors (Lipinski definition) is 4. The highest BCUT2D eigenvalue weighted by molar-refractivity contribution is 5.56. The van der Waals surface area contributed by atoms with Crippen molar-refractivity contribution < 1.29 is 0 Å². The molecule has 1 saturated carbocycles. The van der Waals surface area contributed by atoms with Gasteiger partial charge in [0.05, 0.1) is 6.54 Å². The monoisotopic (exact) mass is 387 g/mol. The molecule has 150 valence electrons. The minimum atomic E-state index is 0.436. The number of fused-ring (bicyclic) bond motifs is 2. The molecule has 5 nitrogen and oxygen atoms in total. The molecule has 29 heavy (non-hydrogen) atoms. The number of piperidine rings is 1. The van der Waals surface area contributed by atoms with Gasteiger partial charge in [-0.2, -0.15) is 0 Å². The molecular weight excluding hydrogens is 358 g/mol. The van der Waals surface area contributed by atoms with E-state index in [0.29, 0.717) is 5.41 Å². The fourth-order valence-corrected chi connectivity index (χ4v) is 4.97. The molecule has 0 amide bonds. The molecule has 3 aromatic rings. The van der Waals surface area contributed by atoms with E-state index < -0.39 is 0 Å². The van der Waals surface area contributed by atoms with Gasteiger partial charge in [0.2, 0.25) is 0 Å². The van der Waals surface area contributed by atoms with Crippen molar-refractivity contribution in [2.45, 2.75) is 38.8 Å². The first kappa shape index (κ1) is 18.4. The molecule has 5 heteroatoms. The van der Waals surface area contributed by atoms with Gasteiger partial charge in [0, 0.05) is 36.3 Å². The largest absolute Gasteiger partial charge is 0.362 e. The number of benzene rings is 2. The molecule has 2 atom stereocenters. The molecular formula is C24H29N5. The highest BCUT2D eigenvalue weighted by Crippen LogP contribution is 2.56. The summed E-state index contributed by atoms with van der Waals surface area (Å²) < 4.78 is 2.26. The Morgan fingerprint density at radius 2 is 1.76 bits per heavy atom. The summed E-state index contributed by atoms with van der Waals surface area (Å²) in [7, 11) is 0. The predicted molar refractivity (Wildman–Crippen MR) is 117 cm³/mol. The van der Waals surface area contributed by atoms with E-state index in [9.17, 15) is 0 Å². The fraction of sp³-hybridized carbons (Fsp3) is 0.417. The van der Waals surface area contributed by atoms with Crippen LogP contribution in [0.2, 0.25) is 0 Å². The summed E-state index contributed by atoms with van der Waals surface area (Å²) in [4.78, 5) is 2.41. The van der Waals surface area contributed by atoms with Gasteiger partial charge in [0.15, 0.2) is 11.6 Å². The SMILES string of the molecule is CC.c1ccc(-c2nnc3n2CCN(c2ccc(C45CNCC4C5)cc2)C3)cc1. The lowest BCUT2D eigenvalue weighted by atomic mass is 9.95. The molecule has 6 rings (SSSR count). The van der Waals surface area contributed by atoms with Gasteiger partial charge < -0.3 is 14.8 Å². The number of rotatable bonds is 3. The first-order chi connectivity index (χ1) is 14.3. The Morgan fingerprint density at radius 1 is 0.966 bits per heavy atom. The molecule has 1 N–H and O–H groups in total. The topological polar surface area (TPSA) is 46.0 Å². The van der Waals surface area contributed by atoms with Crippen molar-refractivity contribution in [2.24, 2.45) is 5.92 Å². The van der Waals surface area contributed by atoms with E-state index in [0.717, 1.165) is 49.3 Å². The maximum Gasteiger partial charge on any atom is 0.164 e. The highest BCUT2D eigenvalue weighted by Gasteiger charge is 2.57. The Labute approximate surface area is 172 Å². The number of nitrogens with one attached hydrogen (secondary N) is 1. The van der Waals surface area contributed by atoms with Gasteiger partial charge >= 0.3 is 0 Å². The normalized spacial score (nSPS) is 24.3. The summed E-state index contributed by atoms with van der Waals surface area (Å²) in [6.07, 6.45) is 1.36. The van der Waals surface area contributed by atoms with Crippen molar-refractivity contribution in [3.63, 3.8) is 0 Å². The smallest absolute Gasteiger partial charge is 0.164 e. The quantitative estimate of drug-likeness (QED) is 0.741. The van der Waals surface area contributed by atoms with Gasteiger partial charge in [0.25, 0.3) is 0 Å². The third-order valence-corrected chi connectivity index (χ3v) is 6.66. The van der Waals surface area contributed by atoms with Crippen molar-refractivity contribution in [2.75, 3.05) is 24.5 Å². The lowest BCUT2D eigenvalue weighted by Gasteiger charge is -2.30. The van der Waals surface area contributed by atoms with Crippen molar-refractivity contribution >= 4 is 5.69 Å². The van der Waals surface area contributed by atoms with Gasteiger partial charge in [-0.3, -0.25) is 0 Å². The average Bonchev–Trinajstić information content (AvgIpc) is 3.13. The van der Waals surface area contributed by atoms with Crippen LogP contribution >= 0.6 is 0 Å². The van der Waals surface area contributed by atoms with Gasteiger partial charge in [-0.05, 0) is 36.6 Å². The molecule has 0 radical (unpaired) electrons. The van der Waals surface area contributed by atoms with Crippen LogP contribution in [0.25, 0.3) is 11.4 Å². The summed E-state index contributed by atoms with van der Waals surface area (Å²) in [5.74, 6) is 2.88. The molecule has 1 aliphatic carbocycles. The second-order valence-electron chi connectivity index (χ2n) is 8.11. The molecule has 2 fully saturated rings. The Bertz CT molecular complexity index is 978. The van der Waals surface area contributed by atoms with Gasteiger partial charge in [0.1, 0.15) is 0 Å². The van der Waals surface area contributed by atoms with Gasteiger partial charge in [-0.15, -0.1) is 10.2 Å². The minimum Gasteiger partial charge on any atom is -0.362 e. The lowest BCUT2D eigenvalue weighted by molar-refractivity contribution is 0.563. The fourth-order valence-electron chi connectivity index (χ4n) is 4.97. The van der Waals surface area contributed by atoms with Gasteiger partial charge in [-0.1, -0.05) is 56.3 Å². The summed E-state index contributed by atoms with van der Waals surface area (Å²) >= 11 is 0. The summed E-state index contributed by atoms with van der Waals surface area (Å²) in [5.41, 5.74) is 4.37. The van der Waals surface area contributed by atoms with E-state index in [4.69, 9.17) is 0 Å². The van der Waals surface area contributed by atoms with Crippen molar-refractivity contribution in [1.29, 1.82) is 0 Å². The van der Waals surface area contributed by atoms with E-state index in [-0.39, 0.29) is 0 Å². The number of aromatic nitrogens is 3. The van der Waals surface area contributed by atoms with Crippen LogP contribution in [0.15, 0.2) is 54.6 Å². The molecule has 3 heterocycles. The van der Waals surface area contributed by atoms with Crippen LogP contribution < -0.4 is 10.2 Å². The van der Waals surface area contributed by atoms with Crippen LogP contribution in [-0.4, -0.2) is 34.4 Å². The van der Waals surface area contributed by atoms with Crippen molar-refractivity contribution in [3.8, 4) is 11.4 Å². The van der Waals surface area contributed by atoms with Crippen molar-refractivity contribution in [1.82, 2.24) is 20.1 Å². The summed E-state index contributed by atoms with van der Waals surface area (Å²) in [6, 6.07) is 19.6. The second kappa shape index (κ2) is 7.30. The maximum atomic E-state index is 4.47. The molecule has 2 aliphatic heterocycles. The van der Waals surface area contributed by atoms with Crippen LogP contribution in [0, 0.1) is 5.92 Å². The Kier molecular flexibility index (Phi) is 4.63. The van der Waals surface area contributed by atoms with E-state index in [1.165, 1.54) is 24.2 Å². The number of nitrogens with zero attached hydrogens (tertiary/aromatic N) is 4. The van der Waals surface area contributed by atoms with E-state index in [1.54, 1.807) is 0 Å². The van der Waals surface area contributed by atoms with E-state index in [2.05, 4.69) is 73.5 Å². The molecule has 3 aliphatic rings. The molecule has 2 unspecified atom stereocenters. The molecule has 1 saturated heterocycles. The van der Waals surface area contributed by atoms with Crippen LogP contribution in [0.4, 0.5) is 5.69 Å². The standard InChI is InChI=1S/C22H23N5.C2H6/c1-2-4-16(5-3-1)21-25-24-20-14-26(10-11-27(20)21)19-8-6-17(7-9-19)22-12-18(22)13-23-15-22;1-2/h1-9,18,23H,10-15H2;1-2H3. The predicted octanol–water partition coefficient (Wildman–Crippen LogP) is 3.85. The number of anilines is 1. The zero-order valence-electron chi connectivity index (χ0n) is 17.3. The van der Waals surface area contributed by atoms with Gasteiger partial charge in [-0.25, -0.2) is 0 Å². The molecule has 0 bridgehead atoms. The molecule has 2 aromatic carbocycles. The zero-order chi connectivity index (χ0) is 19.8. The summed E-state index contributed by atoms with van der Waals surface area (Å²) in [5, 5.41) is 12.5. The minimum absolute atomic E-state index is 0.436. The lowest BCUT2D eigenvalue weighted by Crippen LogP contribution is -2.34. The second-order valence-corrected chi connectivity index (χ2v) is 8.11. The highest BCUT2D eigenvalue weighted by atomic mass is 15.3. The Morgan fingerprint density at radius 3 is 2.45 bits per heavy atom. The first-order valence-corrected chi connectivity index (χ1v) is 10.9. The van der Waals surface area contributed by atoms with Crippen LogP contribution in [0.3, 0.4) is 0 Å². The molecule has 1 aromatic heterocycles. The zero-order valence-corrected chi connectivity index (χ0v) is 17.3. The third-order valence-electron chi connectivity index (χ3n) is 6.66. The Hall–Kier alpha value is -2.66. The molecule has 0 spiro atoms. The van der Waals surface area contributed by atoms with E-state index >= 15 is 0 Å². The number of hydrogen-bond donors (Lipinski definition) is 1. The average molecular weight is 388 g/mol. The van der Waals surface area contributed by atoms with Crippen molar-refractivity contribution in [3.05, 3.63) is 66.0 Å².